The van der Waals surface area contributed by atoms with Gasteiger partial charge in [0.15, 0.2) is 0 Å². The average molecular weight is 304 g/mol. The van der Waals surface area contributed by atoms with Gasteiger partial charge in [0.25, 0.3) is 0 Å². The maximum Gasteiger partial charge on any atom is 0.0810 e. The predicted molar refractivity (Wildman–Crippen MR) is 89.1 cm³/mol. The van der Waals surface area contributed by atoms with Crippen molar-refractivity contribution in [1.29, 1.82) is 0 Å². The molecular weight excluding hydrogens is 284 g/mol. The van der Waals surface area contributed by atoms with Crippen LogP contribution in [0.2, 0.25) is 0 Å². The van der Waals surface area contributed by atoms with Crippen LogP contribution in [0.25, 0.3) is 0 Å². The van der Waals surface area contributed by atoms with E-state index in [-0.39, 0.29) is 13.6 Å². The molecule has 0 saturated carbocycles. The van der Waals surface area contributed by atoms with Crippen molar-refractivity contribution in [1.82, 2.24) is 0 Å². The molecule has 0 amide bonds. The van der Waals surface area contributed by atoms with Crippen molar-refractivity contribution in [3.8, 4) is 0 Å². The van der Waals surface area contributed by atoms with Crippen molar-refractivity contribution in [3.05, 3.63) is 48.0 Å². The number of allylic oxidation sites excluding steroid dienone is 1. The normalized spacial score (nSPS) is 15.7. The highest BCUT2D eigenvalue weighted by molar-refractivity contribution is 8.59. The highest BCUT2D eigenvalue weighted by atomic mass is 32.6. The van der Waals surface area contributed by atoms with Crippen molar-refractivity contribution < 1.29 is 4.52 Å². The first-order valence-corrected chi connectivity index (χ1v) is 12.1. The van der Waals surface area contributed by atoms with Gasteiger partial charge in [0.2, 0.25) is 0 Å². The van der Waals surface area contributed by atoms with Gasteiger partial charge in [-0.3, -0.25) is 0 Å². The monoisotopic (exact) mass is 304 g/mol. The zero-order chi connectivity index (χ0) is 12.5. The van der Waals surface area contributed by atoms with Crippen molar-refractivity contribution in [3.63, 3.8) is 0 Å². The molecule has 0 fully saturated rings. The van der Waals surface area contributed by atoms with Gasteiger partial charge in [-0.1, -0.05) is 51.4 Å². The molecule has 0 aliphatic rings. The summed E-state index contributed by atoms with van der Waals surface area (Å²) in [6.07, 6.45) is 6.61. The van der Waals surface area contributed by atoms with E-state index in [0.717, 1.165) is 20.8 Å². The number of aryl methyl sites for hydroxylation is 1. The van der Waals surface area contributed by atoms with Crippen molar-refractivity contribution in [2.75, 3.05) is 0 Å². The van der Waals surface area contributed by atoms with Gasteiger partial charge in [-0.2, -0.15) is 0 Å². The maximum atomic E-state index is 5.99. The Morgan fingerprint density at radius 2 is 2.12 bits per heavy atom. The van der Waals surface area contributed by atoms with E-state index in [1.165, 1.54) is 5.56 Å². The number of rotatable bonds is 7. The fraction of sp³-hybridized carbons (Fsp3) is 0.333. The first-order chi connectivity index (χ1) is 8.26. The minimum absolute atomic E-state index is 0.247. The Kier molecular flexibility index (Phi) is 8.82. The molecule has 0 aromatic heterocycles. The second-order valence-electron chi connectivity index (χ2n) is 3.65. The number of hydrogen-bond acceptors (Lipinski definition) is 1. The highest BCUT2D eigenvalue weighted by Gasteiger charge is 2.09. The zero-order valence-corrected chi connectivity index (χ0v) is 14.2. The predicted octanol–water partition coefficient (Wildman–Crippen LogP) is 5.15. The van der Waals surface area contributed by atoms with Crippen LogP contribution in [-0.2, 0) is 10.9 Å². The second kappa shape index (κ2) is 9.55. The zero-order valence-electron chi connectivity index (χ0n) is 10.0. The number of benzene rings is 1. The molecule has 1 aromatic carbocycles. The second-order valence-corrected chi connectivity index (χ2v) is 12.1. The maximum absolute atomic E-state index is 5.99. The minimum atomic E-state index is -0.354. The molecule has 1 nitrogen and oxygen atoms in total. The molecule has 0 aliphatic heterocycles. The van der Waals surface area contributed by atoms with Crippen LogP contribution in [-0.4, -0.2) is 6.10 Å². The first-order valence-electron chi connectivity index (χ1n) is 5.61. The van der Waals surface area contributed by atoms with Crippen LogP contribution in [0.4, 0.5) is 0 Å². The molecule has 5 heteroatoms. The molecule has 0 heterocycles. The van der Waals surface area contributed by atoms with Crippen LogP contribution in [0.1, 0.15) is 18.9 Å². The lowest BCUT2D eigenvalue weighted by molar-refractivity contribution is 0.277. The van der Waals surface area contributed by atoms with E-state index in [0.29, 0.717) is 0 Å². The van der Waals surface area contributed by atoms with Gasteiger partial charge in [0.1, 0.15) is 0 Å². The van der Waals surface area contributed by atoms with Crippen LogP contribution in [0, 0.1) is 0 Å². The topological polar surface area (TPSA) is 9.23 Å². The van der Waals surface area contributed by atoms with Crippen molar-refractivity contribution in [2.24, 2.45) is 0 Å². The summed E-state index contributed by atoms with van der Waals surface area (Å²) in [4.78, 5) is 0. The van der Waals surface area contributed by atoms with Crippen LogP contribution in [0.15, 0.2) is 42.5 Å². The van der Waals surface area contributed by atoms with Gasteiger partial charge in [-0.05, 0) is 33.3 Å². The van der Waals surface area contributed by atoms with Crippen LogP contribution < -0.4 is 0 Å². The molecule has 17 heavy (non-hydrogen) atoms. The van der Waals surface area contributed by atoms with Crippen LogP contribution >= 0.6 is 33.3 Å². The molecular formula is C12H20OP4. The van der Waals surface area contributed by atoms with Crippen LogP contribution in [0.5, 0.6) is 0 Å². The Balaban J connectivity index is 2.44. The summed E-state index contributed by atoms with van der Waals surface area (Å²) in [5.41, 5.74) is 1.38. The van der Waals surface area contributed by atoms with Gasteiger partial charge < -0.3 is 4.52 Å². The average Bonchev–Trinajstić information content (AvgIpc) is 2.37. The lowest BCUT2D eigenvalue weighted by atomic mass is 10.1. The van der Waals surface area contributed by atoms with Gasteiger partial charge in [0.05, 0.1) is 13.6 Å². The van der Waals surface area contributed by atoms with Gasteiger partial charge >= 0.3 is 0 Å². The molecule has 1 rings (SSSR count). The Bertz CT molecular complexity index is 329. The fourth-order valence-electron chi connectivity index (χ4n) is 1.53. The fourth-order valence-corrected chi connectivity index (χ4v) is 3.66. The lowest BCUT2D eigenvalue weighted by Gasteiger charge is -2.18. The summed E-state index contributed by atoms with van der Waals surface area (Å²) in [5.74, 6) is 0. The standard InChI is InChI=1S/C12H20OP4/c1-2-6-12(13-17(15)16-14)10-9-11-7-4-3-5-8-11/h2-8,12,16H,9-10,14-15H2,1H3/b6-2+/t12-,17?/m1/s1. The largest absolute Gasteiger partial charge is 0.343 e. The van der Waals surface area contributed by atoms with E-state index >= 15 is 0 Å². The summed E-state index contributed by atoms with van der Waals surface area (Å²) in [5, 5.41) is 0. The third-order valence-corrected chi connectivity index (χ3v) is 10.9. The minimum Gasteiger partial charge on any atom is -0.343 e. The molecule has 5 atom stereocenters. The SMILES string of the molecule is C/C=C/[C@H](CCc1ccccc1)OP(P)PP. The lowest BCUT2D eigenvalue weighted by Crippen LogP contribution is -2.06. The summed E-state index contributed by atoms with van der Waals surface area (Å²) in [6.45, 7) is 2.05. The Labute approximate surface area is 112 Å². The molecule has 0 N–H and O–H groups in total. The Morgan fingerprint density at radius 3 is 2.71 bits per heavy atom. The van der Waals surface area contributed by atoms with E-state index in [4.69, 9.17) is 4.52 Å². The van der Waals surface area contributed by atoms with Gasteiger partial charge in [-0.25, -0.2) is 0 Å². The molecule has 94 valence electrons. The van der Waals surface area contributed by atoms with E-state index in [1.807, 2.05) is 6.92 Å². The number of hydrogen-bond donors (Lipinski definition) is 0. The van der Waals surface area contributed by atoms with Crippen LogP contribution in [0.3, 0.4) is 0 Å². The van der Waals surface area contributed by atoms with Gasteiger partial charge in [-0.15, -0.1) is 8.93 Å². The molecule has 0 radical (unpaired) electrons. The van der Waals surface area contributed by atoms with Crippen molar-refractivity contribution in [2.45, 2.75) is 25.9 Å². The molecule has 1 aromatic rings. The molecule has 4 unspecified atom stereocenters. The summed E-state index contributed by atoms with van der Waals surface area (Å²) in [7, 11) is 6.01. The Hall–Kier alpha value is 0.640. The van der Waals surface area contributed by atoms with E-state index in [2.05, 4.69) is 60.3 Å². The highest BCUT2D eigenvalue weighted by Crippen LogP contribution is 2.67. The first kappa shape index (κ1) is 15.7. The molecule has 0 bridgehead atoms. The smallest absolute Gasteiger partial charge is 0.0810 e. The van der Waals surface area contributed by atoms with Gasteiger partial charge in [0, 0.05) is 0 Å². The molecule has 0 saturated heterocycles. The third kappa shape index (κ3) is 6.96. The van der Waals surface area contributed by atoms with E-state index < -0.39 is 0 Å². The molecule has 0 spiro atoms. The van der Waals surface area contributed by atoms with E-state index in [1.54, 1.807) is 0 Å². The summed E-state index contributed by atoms with van der Waals surface area (Å²) < 4.78 is 5.99. The third-order valence-electron chi connectivity index (χ3n) is 2.34. The summed E-state index contributed by atoms with van der Waals surface area (Å²) in [6, 6.07) is 10.6. The van der Waals surface area contributed by atoms with Crippen molar-refractivity contribution >= 4 is 33.3 Å². The Morgan fingerprint density at radius 1 is 1.41 bits per heavy atom. The molecule has 0 aliphatic carbocycles. The summed E-state index contributed by atoms with van der Waals surface area (Å²) >= 11 is 0. The quantitative estimate of drug-likeness (QED) is 0.500. The van der Waals surface area contributed by atoms with E-state index in [9.17, 15) is 0 Å².